The molecular formula is C11H12ClN3O. The Balaban J connectivity index is 2.42. The Morgan fingerprint density at radius 2 is 2.25 bits per heavy atom. The van der Waals surface area contributed by atoms with E-state index < -0.39 is 0 Å². The van der Waals surface area contributed by atoms with E-state index in [2.05, 4.69) is 9.97 Å². The number of fused-ring (bicyclic) bond motifs is 1. The summed E-state index contributed by atoms with van der Waals surface area (Å²) in [4.78, 5) is 20.8. The summed E-state index contributed by atoms with van der Waals surface area (Å²) in [6, 6.07) is 3.49. The van der Waals surface area contributed by atoms with Gasteiger partial charge in [0.15, 0.2) is 5.78 Å². The number of Topliss-reactive ketones (excluding diaryl/α,β-unsaturated/α-hetero) is 1. The summed E-state index contributed by atoms with van der Waals surface area (Å²) in [6.45, 7) is 0.385. The third kappa shape index (κ3) is 2.08. The van der Waals surface area contributed by atoms with Crippen molar-refractivity contribution in [1.29, 1.82) is 0 Å². The van der Waals surface area contributed by atoms with E-state index in [1.54, 1.807) is 12.3 Å². The summed E-state index contributed by atoms with van der Waals surface area (Å²) >= 11 is 5.77. The number of hydrogen-bond acceptors (Lipinski definition) is 3. The van der Waals surface area contributed by atoms with Crippen molar-refractivity contribution in [1.82, 2.24) is 14.9 Å². The number of ketones is 1. The quantitative estimate of drug-likeness (QED) is 0.656. The van der Waals surface area contributed by atoms with Crippen molar-refractivity contribution in [2.24, 2.45) is 0 Å². The standard InChI is InChI=1S/C11H12ClN3O/c1-15(2)6-9(16)8-5-13-11-7(8)3-4-10(12)14-11/h3-5H,6H2,1-2H3,(H,13,14). The fourth-order valence-electron chi connectivity index (χ4n) is 1.58. The molecule has 0 aliphatic heterocycles. The highest BCUT2D eigenvalue weighted by atomic mass is 35.5. The van der Waals surface area contributed by atoms with Crippen LogP contribution in [0.15, 0.2) is 18.3 Å². The molecule has 1 N–H and O–H groups in total. The van der Waals surface area contributed by atoms with Crippen molar-refractivity contribution < 1.29 is 4.79 Å². The minimum atomic E-state index is 0.0698. The van der Waals surface area contributed by atoms with Gasteiger partial charge in [0.2, 0.25) is 0 Å². The molecule has 0 aromatic carbocycles. The molecule has 84 valence electrons. The Morgan fingerprint density at radius 3 is 2.94 bits per heavy atom. The number of likely N-dealkylation sites (N-methyl/N-ethyl adjacent to an activating group) is 1. The SMILES string of the molecule is CN(C)CC(=O)c1c[nH]c2nc(Cl)ccc12. The summed E-state index contributed by atoms with van der Waals surface area (Å²) in [5.74, 6) is 0.0698. The lowest BCUT2D eigenvalue weighted by atomic mass is 10.1. The second-order valence-corrected chi connectivity index (χ2v) is 4.28. The molecule has 0 atom stereocenters. The van der Waals surface area contributed by atoms with Crippen LogP contribution in [0.1, 0.15) is 10.4 Å². The van der Waals surface area contributed by atoms with E-state index in [-0.39, 0.29) is 5.78 Å². The van der Waals surface area contributed by atoms with E-state index in [0.29, 0.717) is 22.9 Å². The number of H-pyrrole nitrogens is 1. The normalized spacial score (nSPS) is 11.2. The van der Waals surface area contributed by atoms with Gasteiger partial charge in [0.05, 0.1) is 6.54 Å². The van der Waals surface area contributed by atoms with Gasteiger partial charge >= 0.3 is 0 Å². The van der Waals surface area contributed by atoms with Gasteiger partial charge in [-0.1, -0.05) is 11.6 Å². The third-order valence-electron chi connectivity index (χ3n) is 2.26. The molecule has 4 nitrogen and oxygen atoms in total. The topological polar surface area (TPSA) is 49.0 Å². The lowest BCUT2D eigenvalue weighted by molar-refractivity contribution is 0.0959. The number of aromatic nitrogens is 2. The number of hydrogen-bond donors (Lipinski definition) is 1. The number of carbonyl (C=O) groups excluding carboxylic acids is 1. The summed E-state index contributed by atoms with van der Waals surface area (Å²) in [5, 5.41) is 1.23. The number of nitrogens with one attached hydrogen (secondary N) is 1. The highest BCUT2D eigenvalue weighted by Gasteiger charge is 2.13. The highest BCUT2D eigenvalue weighted by molar-refractivity contribution is 6.29. The average molecular weight is 238 g/mol. The van der Waals surface area contributed by atoms with Crippen LogP contribution in [-0.2, 0) is 0 Å². The highest BCUT2D eigenvalue weighted by Crippen LogP contribution is 2.19. The number of aromatic amines is 1. The molecule has 0 bridgehead atoms. The number of rotatable bonds is 3. The van der Waals surface area contributed by atoms with Crippen LogP contribution in [0.5, 0.6) is 0 Å². The Morgan fingerprint density at radius 1 is 1.50 bits per heavy atom. The first-order valence-electron chi connectivity index (χ1n) is 4.89. The summed E-state index contributed by atoms with van der Waals surface area (Å²) in [6.07, 6.45) is 1.68. The fraction of sp³-hybridized carbons (Fsp3) is 0.273. The first kappa shape index (κ1) is 11.1. The van der Waals surface area contributed by atoms with Crippen molar-refractivity contribution >= 4 is 28.4 Å². The van der Waals surface area contributed by atoms with Crippen molar-refractivity contribution in [3.05, 3.63) is 29.0 Å². The van der Waals surface area contributed by atoms with Gasteiger partial charge in [-0.3, -0.25) is 4.79 Å². The molecule has 0 fully saturated rings. The molecule has 0 unspecified atom stereocenters. The molecule has 0 amide bonds. The Labute approximate surface area is 98.2 Å². The summed E-state index contributed by atoms with van der Waals surface area (Å²) in [5.41, 5.74) is 1.31. The Hall–Kier alpha value is -1.39. The zero-order valence-corrected chi connectivity index (χ0v) is 9.88. The van der Waals surface area contributed by atoms with Gasteiger partial charge in [0, 0.05) is 17.1 Å². The lowest BCUT2D eigenvalue weighted by Crippen LogP contribution is -2.21. The van der Waals surface area contributed by atoms with E-state index in [0.717, 1.165) is 5.39 Å². The molecule has 0 aliphatic rings. The minimum absolute atomic E-state index is 0.0698. The van der Waals surface area contributed by atoms with Crippen molar-refractivity contribution in [2.75, 3.05) is 20.6 Å². The van der Waals surface area contributed by atoms with Gasteiger partial charge in [-0.2, -0.15) is 0 Å². The second kappa shape index (κ2) is 4.23. The zero-order valence-electron chi connectivity index (χ0n) is 9.12. The molecule has 16 heavy (non-hydrogen) atoms. The van der Waals surface area contributed by atoms with Crippen LogP contribution in [0.3, 0.4) is 0 Å². The Kier molecular flexibility index (Phi) is 2.94. The van der Waals surface area contributed by atoms with Crippen molar-refractivity contribution in [3.63, 3.8) is 0 Å². The molecule has 0 saturated carbocycles. The smallest absolute Gasteiger partial charge is 0.178 e. The van der Waals surface area contributed by atoms with E-state index in [1.807, 2.05) is 25.1 Å². The fourth-order valence-corrected chi connectivity index (χ4v) is 1.73. The minimum Gasteiger partial charge on any atom is -0.345 e. The van der Waals surface area contributed by atoms with Gasteiger partial charge in [0.1, 0.15) is 10.8 Å². The van der Waals surface area contributed by atoms with Crippen LogP contribution >= 0.6 is 11.6 Å². The largest absolute Gasteiger partial charge is 0.345 e. The van der Waals surface area contributed by atoms with Gasteiger partial charge in [-0.15, -0.1) is 0 Å². The average Bonchev–Trinajstić information content (AvgIpc) is 2.59. The van der Waals surface area contributed by atoms with Gasteiger partial charge in [-0.25, -0.2) is 4.98 Å². The molecule has 5 heteroatoms. The van der Waals surface area contributed by atoms with E-state index in [4.69, 9.17) is 11.6 Å². The first-order valence-corrected chi connectivity index (χ1v) is 5.27. The maximum Gasteiger partial charge on any atom is 0.178 e. The molecular weight excluding hydrogens is 226 g/mol. The summed E-state index contributed by atoms with van der Waals surface area (Å²) < 4.78 is 0. The van der Waals surface area contributed by atoms with Gasteiger partial charge in [-0.05, 0) is 26.2 Å². The molecule has 0 spiro atoms. The first-order chi connectivity index (χ1) is 7.58. The van der Waals surface area contributed by atoms with Gasteiger partial charge in [0.25, 0.3) is 0 Å². The van der Waals surface area contributed by atoms with Gasteiger partial charge < -0.3 is 9.88 Å². The molecule has 2 aromatic rings. The predicted molar refractivity (Wildman–Crippen MR) is 64.0 cm³/mol. The maximum atomic E-state index is 11.9. The molecule has 0 aliphatic carbocycles. The van der Waals surface area contributed by atoms with Crippen LogP contribution in [-0.4, -0.2) is 41.3 Å². The van der Waals surface area contributed by atoms with Crippen LogP contribution in [0.4, 0.5) is 0 Å². The van der Waals surface area contributed by atoms with Crippen LogP contribution in [0.2, 0.25) is 5.15 Å². The lowest BCUT2D eigenvalue weighted by Gasteiger charge is -2.07. The molecule has 2 rings (SSSR count). The predicted octanol–water partition coefficient (Wildman–Crippen LogP) is 1.96. The number of pyridine rings is 1. The second-order valence-electron chi connectivity index (χ2n) is 3.89. The van der Waals surface area contributed by atoms with Crippen LogP contribution in [0, 0.1) is 0 Å². The van der Waals surface area contributed by atoms with Crippen molar-refractivity contribution in [3.8, 4) is 0 Å². The third-order valence-corrected chi connectivity index (χ3v) is 2.48. The number of carbonyl (C=O) groups is 1. The molecule has 2 aromatic heterocycles. The number of nitrogens with zero attached hydrogens (tertiary/aromatic N) is 2. The van der Waals surface area contributed by atoms with E-state index in [9.17, 15) is 4.79 Å². The summed E-state index contributed by atoms with van der Waals surface area (Å²) in [7, 11) is 3.73. The monoisotopic (exact) mass is 237 g/mol. The van der Waals surface area contributed by atoms with Crippen LogP contribution in [0.25, 0.3) is 11.0 Å². The Bertz CT molecular complexity index is 533. The van der Waals surface area contributed by atoms with E-state index >= 15 is 0 Å². The molecule has 0 radical (unpaired) electrons. The molecule has 0 saturated heterocycles. The molecule has 2 heterocycles. The number of halogens is 1. The maximum absolute atomic E-state index is 11.9. The van der Waals surface area contributed by atoms with E-state index in [1.165, 1.54) is 0 Å². The van der Waals surface area contributed by atoms with Crippen LogP contribution < -0.4 is 0 Å². The zero-order chi connectivity index (χ0) is 11.7. The van der Waals surface area contributed by atoms with Crippen molar-refractivity contribution in [2.45, 2.75) is 0 Å².